The number of nitrogens with one attached hydrogen (secondary N) is 2. The van der Waals surface area contributed by atoms with Crippen LogP contribution in [0.25, 0.3) is 5.57 Å². The van der Waals surface area contributed by atoms with Crippen molar-refractivity contribution in [3.63, 3.8) is 0 Å². The number of urea groups is 1. The lowest BCUT2D eigenvalue weighted by atomic mass is 9.92. The molecule has 0 aromatic heterocycles. The fraction of sp³-hybridized carbons (Fsp3) is 0.474. The SMILES string of the molecule is C=C(C)c1cccc(C(C)(C)NC(=O)NCCCCCC(=O)O)c1. The van der Waals surface area contributed by atoms with E-state index < -0.39 is 11.5 Å². The van der Waals surface area contributed by atoms with Crippen LogP contribution in [0.1, 0.15) is 57.6 Å². The first-order chi connectivity index (χ1) is 11.2. The van der Waals surface area contributed by atoms with E-state index in [0.29, 0.717) is 13.0 Å². The van der Waals surface area contributed by atoms with Gasteiger partial charge in [-0.1, -0.05) is 36.8 Å². The lowest BCUT2D eigenvalue weighted by Gasteiger charge is -2.27. The normalized spacial score (nSPS) is 11.0. The highest BCUT2D eigenvalue weighted by atomic mass is 16.4. The molecule has 0 aliphatic rings. The van der Waals surface area contributed by atoms with Gasteiger partial charge in [0.05, 0.1) is 5.54 Å². The van der Waals surface area contributed by atoms with Gasteiger partial charge in [-0.25, -0.2) is 4.79 Å². The van der Waals surface area contributed by atoms with Gasteiger partial charge in [-0.15, -0.1) is 0 Å². The molecule has 5 heteroatoms. The standard InChI is InChI=1S/C19H28N2O3/c1-14(2)15-9-8-10-16(13-15)19(3,4)21-18(24)20-12-7-5-6-11-17(22)23/h8-10,13H,1,5-7,11-12H2,2-4H3,(H,22,23)(H2,20,21,24). The van der Waals surface area contributed by atoms with E-state index in [1.54, 1.807) is 0 Å². The Morgan fingerprint density at radius 3 is 2.54 bits per heavy atom. The molecular weight excluding hydrogens is 304 g/mol. The fourth-order valence-corrected chi connectivity index (χ4v) is 2.35. The number of rotatable bonds is 9. The number of unbranched alkanes of at least 4 members (excludes halogenated alkanes) is 2. The molecule has 0 aliphatic heterocycles. The summed E-state index contributed by atoms with van der Waals surface area (Å²) >= 11 is 0. The Bertz CT molecular complexity index is 594. The molecule has 0 spiro atoms. The predicted octanol–water partition coefficient (Wildman–Crippen LogP) is 3.90. The van der Waals surface area contributed by atoms with Gasteiger partial charge in [0.2, 0.25) is 0 Å². The third-order valence-corrected chi connectivity index (χ3v) is 3.86. The lowest BCUT2D eigenvalue weighted by molar-refractivity contribution is -0.137. The number of carboxylic acids is 1. The van der Waals surface area contributed by atoms with Crippen molar-refractivity contribution in [3.05, 3.63) is 42.0 Å². The zero-order chi connectivity index (χ0) is 18.2. The Morgan fingerprint density at radius 1 is 1.21 bits per heavy atom. The minimum Gasteiger partial charge on any atom is -0.481 e. The molecular formula is C19H28N2O3. The van der Waals surface area contributed by atoms with Crippen LogP contribution < -0.4 is 10.6 Å². The minimum absolute atomic E-state index is 0.179. The summed E-state index contributed by atoms with van der Waals surface area (Å²) in [4.78, 5) is 22.5. The van der Waals surface area contributed by atoms with Crippen molar-refractivity contribution in [2.24, 2.45) is 0 Å². The van der Waals surface area contributed by atoms with Crippen LogP contribution in [0.4, 0.5) is 4.79 Å². The number of carbonyl (C=O) groups is 2. The summed E-state index contributed by atoms with van der Waals surface area (Å²) in [6, 6.07) is 7.76. The third kappa shape index (κ3) is 6.86. The molecule has 5 nitrogen and oxygen atoms in total. The maximum absolute atomic E-state index is 12.1. The summed E-state index contributed by atoms with van der Waals surface area (Å²) in [5, 5.41) is 14.4. The van der Waals surface area contributed by atoms with Crippen LogP contribution in [-0.4, -0.2) is 23.7 Å². The van der Waals surface area contributed by atoms with E-state index in [2.05, 4.69) is 17.2 Å². The van der Waals surface area contributed by atoms with Crippen LogP contribution in [-0.2, 0) is 10.3 Å². The van der Waals surface area contributed by atoms with Gasteiger partial charge in [-0.2, -0.15) is 0 Å². The number of allylic oxidation sites excluding steroid dienone is 1. The highest BCUT2D eigenvalue weighted by Crippen LogP contribution is 2.23. The van der Waals surface area contributed by atoms with Gasteiger partial charge in [-0.05, 0) is 50.8 Å². The van der Waals surface area contributed by atoms with Gasteiger partial charge in [0.25, 0.3) is 0 Å². The van der Waals surface area contributed by atoms with E-state index in [0.717, 1.165) is 29.5 Å². The molecule has 3 N–H and O–H groups in total. The predicted molar refractivity (Wildman–Crippen MR) is 96.8 cm³/mol. The van der Waals surface area contributed by atoms with Crippen molar-refractivity contribution in [1.82, 2.24) is 10.6 Å². The number of hydrogen-bond acceptors (Lipinski definition) is 2. The lowest BCUT2D eigenvalue weighted by Crippen LogP contribution is -2.46. The summed E-state index contributed by atoms with van der Waals surface area (Å²) in [7, 11) is 0. The second-order valence-electron chi connectivity index (χ2n) is 6.57. The number of carbonyl (C=O) groups excluding carboxylic acids is 1. The highest BCUT2D eigenvalue weighted by Gasteiger charge is 2.22. The molecule has 0 bridgehead atoms. The quantitative estimate of drug-likeness (QED) is 0.600. The Morgan fingerprint density at radius 2 is 1.92 bits per heavy atom. The van der Waals surface area contributed by atoms with Gasteiger partial charge < -0.3 is 15.7 Å². The first kappa shape index (κ1) is 19.7. The summed E-state index contributed by atoms with van der Waals surface area (Å²) in [6.07, 6.45) is 2.37. The van der Waals surface area contributed by atoms with E-state index in [9.17, 15) is 9.59 Å². The van der Waals surface area contributed by atoms with Gasteiger partial charge in [0.15, 0.2) is 0 Å². The van der Waals surface area contributed by atoms with E-state index in [1.807, 2.05) is 45.0 Å². The molecule has 0 saturated carbocycles. The second-order valence-corrected chi connectivity index (χ2v) is 6.57. The van der Waals surface area contributed by atoms with Crippen LogP contribution in [0.15, 0.2) is 30.8 Å². The molecule has 0 radical (unpaired) electrons. The van der Waals surface area contributed by atoms with Crippen molar-refractivity contribution in [3.8, 4) is 0 Å². The fourth-order valence-electron chi connectivity index (χ4n) is 2.35. The number of aliphatic carboxylic acids is 1. The van der Waals surface area contributed by atoms with E-state index in [1.165, 1.54) is 0 Å². The first-order valence-corrected chi connectivity index (χ1v) is 8.26. The van der Waals surface area contributed by atoms with Crippen molar-refractivity contribution >= 4 is 17.6 Å². The summed E-state index contributed by atoms with van der Waals surface area (Å²) in [6.45, 7) is 10.3. The molecule has 0 saturated heterocycles. The molecule has 24 heavy (non-hydrogen) atoms. The highest BCUT2D eigenvalue weighted by molar-refractivity contribution is 5.75. The Kier molecular flexibility index (Phi) is 7.49. The Balaban J connectivity index is 2.46. The Labute approximate surface area is 144 Å². The maximum Gasteiger partial charge on any atom is 0.315 e. The van der Waals surface area contributed by atoms with Gasteiger partial charge in [-0.3, -0.25) is 4.79 Å². The van der Waals surface area contributed by atoms with Gasteiger partial charge >= 0.3 is 12.0 Å². The van der Waals surface area contributed by atoms with Crippen molar-refractivity contribution in [2.45, 2.75) is 52.0 Å². The molecule has 0 heterocycles. The van der Waals surface area contributed by atoms with Gasteiger partial charge in [0.1, 0.15) is 0 Å². The van der Waals surface area contributed by atoms with Crippen molar-refractivity contribution in [1.29, 1.82) is 0 Å². The number of benzene rings is 1. The number of hydrogen-bond donors (Lipinski definition) is 3. The van der Waals surface area contributed by atoms with Crippen LogP contribution in [0.3, 0.4) is 0 Å². The minimum atomic E-state index is -0.778. The molecule has 0 fully saturated rings. The second kappa shape index (κ2) is 9.11. The number of amides is 2. The topological polar surface area (TPSA) is 78.4 Å². The zero-order valence-electron chi connectivity index (χ0n) is 14.8. The van der Waals surface area contributed by atoms with E-state index in [4.69, 9.17) is 5.11 Å². The van der Waals surface area contributed by atoms with Gasteiger partial charge in [0, 0.05) is 13.0 Å². The molecule has 132 valence electrons. The van der Waals surface area contributed by atoms with E-state index >= 15 is 0 Å². The molecule has 0 aliphatic carbocycles. The molecule has 0 atom stereocenters. The van der Waals surface area contributed by atoms with E-state index in [-0.39, 0.29) is 12.5 Å². The monoisotopic (exact) mass is 332 g/mol. The van der Waals surface area contributed by atoms with Crippen LogP contribution in [0.5, 0.6) is 0 Å². The maximum atomic E-state index is 12.1. The molecule has 0 unspecified atom stereocenters. The molecule has 2 amide bonds. The average molecular weight is 332 g/mol. The van der Waals surface area contributed by atoms with Crippen molar-refractivity contribution < 1.29 is 14.7 Å². The summed E-state index contributed by atoms with van der Waals surface area (Å²) in [5.41, 5.74) is 2.55. The average Bonchev–Trinajstić information content (AvgIpc) is 2.50. The molecule has 1 rings (SSSR count). The first-order valence-electron chi connectivity index (χ1n) is 8.26. The van der Waals surface area contributed by atoms with Crippen molar-refractivity contribution in [2.75, 3.05) is 6.54 Å². The smallest absolute Gasteiger partial charge is 0.315 e. The molecule has 1 aromatic carbocycles. The third-order valence-electron chi connectivity index (χ3n) is 3.86. The zero-order valence-corrected chi connectivity index (χ0v) is 14.8. The summed E-state index contributed by atoms with van der Waals surface area (Å²) in [5.74, 6) is -0.778. The van der Waals surface area contributed by atoms with Crippen LogP contribution >= 0.6 is 0 Å². The molecule has 1 aromatic rings. The van der Waals surface area contributed by atoms with Crippen LogP contribution in [0, 0.1) is 0 Å². The Hall–Kier alpha value is -2.30. The van der Waals surface area contributed by atoms with Crippen LogP contribution in [0.2, 0.25) is 0 Å². The summed E-state index contributed by atoms with van der Waals surface area (Å²) < 4.78 is 0. The number of carboxylic acid groups (broad SMARTS) is 1. The largest absolute Gasteiger partial charge is 0.481 e.